The van der Waals surface area contributed by atoms with Gasteiger partial charge in [0.15, 0.2) is 5.76 Å². The van der Waals surface area contributed by atoms with Gasteiger partial charge in [-0.2, -0.15) is 0 Å². The van der Waals surface area contributed by atoms with Crippen molar-refractivity contribution >= 4 is 17.5 Å². The molecule has 3 aromatic rings. The molecular weight excluding hydrogens is 328 g/mol. The fourth-order valence-corrected chi connectivity index (χ4v) is 2.55. The summed E-state index contributed by atoms with van der Waals surface area (Å²) in [6, 6.07) is 21.1. The van der Waals surface area contributed by atoms with E-state index in [2.05, 4.69) is 10.6 Å². The zero-order valence-electron chi connectivity index (χ0n) is 14.3. The van der Waals surface area contributed by atoms with Crippen molar-refractivity contribution in [1.82, 2.24) is 5.32 Å². The van der Waals surface area contributed by atoms with Gasteiger partial charge in [-0.1, -0.05) is 42.5 Å². The van der Waals surface area contributed by atoms with Crippen LogP contribution in [-0.4, -0.2) is 18.4 Å². The van der Waals surface area contributed by atoms with Gasteiger partial charge < -0.3 is 15.1 Å². The fraction of sp³-hybridized carbons (Fsp3) is 0.143. The molecule has 2 aromatic carbocycles. The Balaban J connectivity index is 1.41. The lowest BCUT2D eigenvalue weighted by Gasteiger charge is -2.07. The van der Waals surface area contributed by atoms with E-state index in [1.165, 1.54) is 6.26 Å². The number of hydrogen-bond acceptors (Lipinski definition) is 3. The van der Waals surface area contributed by atoms with E-state index in [4.69, 9.17) is 4.42 Å². The minimum atomic E-state index is -0.271. The van der Waals surface area contributed by atoms with Crippen molar-refractivity contribution in [3.63, 3.8) is 0 Å². The monoisotopic (exact) mass is 348 g/mol. The number of anilines is 1. The Morgan fingerprint density at radius 1 is 0.846 bits per heavy atom. The Bertz CT molecular complexity index is 841. The molecule has 3 rings (SSSR count). The van der Waals surface area contributed by atoms with Gasteiger partial charge in [-0.15, -0.1) is 0 Å². The molecule has 0 unspecified atom stereocenters. The van der Waals surface area contributed by atoms with Crippen LogP contribution in [0.5, 0.6) is 0 Å². The molecule has 0 aliphatic heterocycles. The molecule has 0 saturated heterocycles. The van der Waals surface area contributed by atoms with Gasteiger partial charge in [-0.3, -0.25) is 9.59 Å². The van der Waals surface area contributed by atoms with E-state index in [1.54, 1.807) is 12.1 Å². The number of furan rings is 1. The normalized spacial score (nSPS) is 10.3. The maximum Gasteiger partial charge on any atom is 0.286 e. The van der Waals surface area contributed by atoms with Crippen LogP contribution in [0.25, 0.3) is 11.1 Å². The lowest BCUT2D eigenvalue weighted by molar-refractivity contribution is -0.116. The molecule has 0 fully saturated rings. The predicted molar refractivity (Wildman–Crippen MR) is 101 cm³/mol. The molecule has 0 aliphatic rings. The lowest BCUT2D eigenvalue weighted by Crippen LogP contribution is -2.25. The van der Waals surface area contributed by atoms with Gasteiger partial charge in [0.2, 0.25) is 5.91 Å². The van der Waals surface area contributed by atoms with Gasteiger partial charge in [0.05, 0.1) is 6.26 Å². The molecule has 0 aliphatic carbocycles. The molecule has 0 radical (unpaired) electrons. The van der Waals surface area contributed by atoms with Gasteiger partial charge in [0.1, 0.15) is 0 Å². The van der Waals surface area contributed by atoms with Crippen molar-refractivity contribution in [3.05, 3.63) is 78.8 Å². The quantitative estimate of drug-likeness (QED) is 0.632. The first-order valence-electron chi connectivity index (χ1n) is 8.49. The molecule has 0 saturated carbocycles. The molecule has 0 atom stereocenters. The molecule has 5 nitrogen and oxygen atoms in total. The zero-order chi connectivity index (χ0) is 18.2. The van der Waals surface area contributed by atoms with Crippen LogP contribution >= 0.6 is 0 Å². The number of carbonyl (C=O) groups excluding carboxylic acids is 2. The molecule has 26 heavy (non-hydrogen) atoms. The van der Waals surface area contributed by atoms with Crippen molar-refractivity contribution in [3.8, 4) is 11.1 Å². The SMILES string of the molecule is O=C(CCCNC(=O)c1ccco1)Nc1ccc(-c2ccccc2)cc1. The summed E-state index contributed by atoms with van der Waals surface area (Å²) >= 11 is 0. The van der Waals surface area contributed by atoms with Crippen LogP contribution in [0.15, 0.2) is 77.4 Å². The minimum Gasteiger partial charge on any atom is -0.459 e. The van der Waals surface area contributed by atoms with E-state index in [9.17, 15) is 9.59 Å². The van der Waals surface area contributed by atoms with Crippen LogP contribution in [0.4, 0.5) is 5.69 Å². The molecule has 2 N–H and O–H groups in total. The average Bonchev–Trinajstić information content (AvgIpc) is 3.21. The zero-order valence-corrected chi connectivity index (χ0v) is 14.3. The molecule has 2 amide bonds. The third-order valence-corrected chi connectivity index (χ3v) is 3.89. The Morgan fingerprint density at radius 2 is 1.58 bits per heavy atom. The van der Waals surface area contributed by atoms with Gasteiger partial charge in [-0.05, 0) is 41.8 Å². The maximum absolute atomic E-state index is 12.0. The number of carbonyl (C=O) groups is 2. The van der Waals surface area contributed by atoms with Crippen LogP contribution in [0, 0.1) is 0 Å². The van der Waals surface area contributed by atoms with Crippen LogP contribution in [0.1, 0.15) is 23.4 Å². The summed E-state index contributed by atoms with van der Waals surface area (Å²) in [7, 11) is 0. The first kappa shape index (κ1) is 17.5. The van der Waals surface area contributed by atoms with Crippen molar-refractivity contribution in [2.75, 3.05) is 11.9 Å². The van der Waals surface area contributed by atoms with Gasteiger partial charge in [0.25, 0.3) is 5.91 Å². The van der Waals surface area contributed by atoms with Crippen LogP contribution in [0.2, 0.25) is 0 Å². The number of hydrogen-bond donors (Lipinski definition) is 2. The standard InChI is InChI=1S/C21H20N2O3/c24-20(9-4-14-22-21(25)19-8-5-15-26-19)23-18-12-10-17(11-13-18)16-6-2-1-3-7-16/h1-3,5-8,10-13,15H,4,9,14H2,(H,22,25)(H,23,24). The number of nitrogens with one attached hydrogen (secondary N) is 2. The molecule has 0 bridgehead atoms. The summed E-state index contributed by atoms with van der Waals surface area (Å²) in [5, 5.41) is 5.58. The highest BCUT2D eigenvalue weighted by Crippen LogP contribution is 2.21. The topological polar surface area (TPSA) is 71.3 Å². The van der Waals surface area contributed by atoms with Gasteiger partial charge in [-0.25, -0.2) is 0 Å². The first-order valence-corrected chi connectivity index (χ1v) is 8.49. The fourth-order valence-electron chi connectivity index (χ4n) is 2.55. The summed E-state index contributed by atoms with van der Waals surface area (Å²) < 4.78 is 5.00. The van der Waals surface area contributed by atoms with Gasteiger partial charge >= 0.3 is 0 Å². The predicted octanol–water partition coefficient (Wildman–Crippen LogP) is 4.10. The maximum atomic E-state index is 12.0. The highest BCUT2D eigenvalue weighted by atomic mass is 16.3. The first-order chi connectivity index (χ1) is 12.7. The number of amides is 2. The van der Waals surface area contributed by atoms with Crippen LogP contribution < -0.4 is 10.6 Å². The van der Waals surface area contributed by atoms with Gasteiger partial charge in [0, 0.05) is 18.7 Å². The summed E-state index contributed by atoms with van der Waals surface area (Å²) in [5.74, 6) is -0.0791. The second-order valence-electron chi connectivity index (χ2n) is 5.83. The summed E-state index contributed by atoms with van der Waals surface area (Å²) in [6.07, 6.45) is 2.34. The largest absolute Gasteiger partial charge is 0.459 e. The van der Waals surface area contributed by atoms with E-state index < -0.39 is 0 Å². The van der Waals surface area contributed by atoms with Crippen molar-refractivity contribution < 1.29 is 14.0 Å². The average molecular weight is 348 g/mol. The molecule has 0 spiro atoms. The molecule has 1 aromatic heterocycles. The number of benzene rings is 2. The van der Waals surface area contributed by atoms with Crippen molar-refractivity contribution in [2.45, 2.75) is 12.8 Å². The lowest BCUT2D eigenvalue weighted by atomic mass is 10.1. The highest BCUT2D eigenvalue weighted by molar-refractivity contribution is 5.92. The Labute approximate surface area is 152 Å². The van der Waals surface area contributed by atoms with E-state index in [0.29, 0.717) is 19.4 Å². The summed E-state index contributed by atoms with van der Waals surface area (Å²) in [4.78, 5) is 23.7. The smallest absolute Gasteiger partial charge is 0.286 e. The third-order valence-electron chi connectivity index (χ3n) is 3.89. The van der Waals surface area contributed by atoms with E-state index in [-0.39, 0.29) is 17.6 Å². The molecule has 132 valence electrons. The van der Waals surface area contributed by atoms with Crippen LogP contribution in [0.3, 0.4) is 0 Å². The Morgan fingerprint density at radius 3 is 2.27 bits per heavy atom. The highest BCUT2D eigenvalue weighted by Gasteiger charge is 2.08. The number of rotatable bonds is 7. The Kier molecular flexibility index (Phi) is 5.83. The third kappa shape index (κ3) is 4.83. The van der Waals surface area contributed by atoms with Crippen LogP contribution in [-0.2, 0) is 4.79 Å². The van der Waals surface area contributed by atoms with Crippen molar-refractivity contribution in [2.24, 2.45) is 0 Å². The summed E-state index contributed by atoms with van der Waals surface area (Å²) in [5.41, 5.74) is 3.00. The second kappa shape index (κ2) is 8.67. The Hall–Kier alpha value is -3.34. The second-order valence-corrected chi connectivity index (χ2v) is 5.83. The van der Waals surface area contributed by atoms with E-state index in [0.717, 1.165) is 16.8 Å². The molecular formula is C21H20N2O3. The summed E-state index contributed by atoms with van der Waals surface area (Å²) in [6.45, 7) is 0.417. The van der Waals surface area contributed by atoms with Crippen molar-refractivity contribution in [1.29, 1.82) is 0 Å². The minimum absolute atomic E-state index is 0.0790. The van der Waals surface area contributed by atoms with E-state index in [1.807, 2.05) is 54.6 Å². The molecule has 1 heterocycles. The van der Waals surface area contributed by atoms with E-state index >= 15 is 0 Å². The molecule has 5 heteroatoms.